The van der Waals surface area contributed by atoms with E-state index in [1.165, 1.54) is 22.7 Å². The fraction of sp³-hybridized carbons (Fsp3) is 0.364. The van der Waals surface area contributed by atoms with Crippen LogP contribution in [0.15, 0.2) is 60.7 Å². The van der Waals surface area contributed by atoms with Crippen LogP contribution < -0.4 is 10.6 Å². The van der Waals surface area contributed by atoms with E-state index < -0.39 is 23.8 Å². The Morgan fingerprint density at radius 3 is 1.37 bits per heavy atom. The molecular formula is C44H40Cl4N4O6S2. The molecule has 6 aromatic rings. The first kappa shape index (κ1) is 41.3. The molecule has 4 aromatic heterocycles. The van der Waals surface area contributed by atoms with E-state index in [0.717, 1.165) is 57.3 Å². The Morgan fingerprint density at radius 2 is 1.02 bits per heavy atom. The van der Waals surface area contributed by atoms with Crippen LogP contribution in [0, 0.1) is 23.7 Å². The fourth-order valence-corrected chi connectivity index (χ4v) is 12.3. The molecule has 10 nitrogen and oxygen atoms in total. The van der Waals surface area contributed by atoms with Gasteiger partial charge in [-0.25, -0.2) is 0 Å². The van der Waals surface area contributed by atoms with Crippen LogP contribution in [0.1, 0.15) is 93.6 Å². The quantitative estimate of drug-likeness (QED) is 0.0715. The van der Waals surface area contributed by atoms with E-state index in [2.05, 4.69) is 20.6 Å². The minimum atomic E-state index is -0.787. The lowest BCUT2D eigenvalue weighted by atomic mass is 9.81. The number of nitrogens with one attached hydrogen (secondary N) is 4. The highest BCUT2D eigenvalue weighted by atomic mass is 35.5. The molecule has 2 amide bonds. The number of rotatable bonds is 12. The molecule has 0 saturated heterocycles. The lowest BCUT2D eigenvalue weighted by Crippen LogP contribution is -2.42. The maximum absolute atomic E-state index is 13.0. The van der Waals surface area contributed by atoms with E-state index in [9.17, 15) is 29.4 Å². The Labute approximate surface area is 372 Å². The maximum Gasteiger partial charge on any atom is 0.307 e. The van der Waals surface area contributed by atoms with Gasteiger partial charge in [-0.3, -0.25) is 19.2 Å². The third-order valence-electron chi connectivity index (χ3n) is 12.5. The average molecular weight is 927 g/mol. The summed E-state index contributed by atoms with van der Waals surface area (Å²) < 4.78 is 2.61. The summed E-state index contributed by atoms with van der Waals surface area (Å²) >= 11 is 27.1. The molecule has 4 aliphatic rings. The van der Waals surface area contributed by atoms with Gasteiger partial charge >= 0.3 is 11.9 Å². The number of carbonyl (C=O) groups excluding carboxylic acids is 2. The van der Waals surface area contributed by atoms with Crippen LogP contribution in [0.2, 0.25) is 18.7 Å². The van der Waals surface area contributed by atoms with E-state index in [4.69, 9.17) is 46.4 Å². The molecule has 0 bridgehead atoms. The molecular weight excluding hydrogens is 886 g/mol. The zero-order valence-electron chi connectivity index (χ0n) is 31.9. The van der Waals surface area contributed by atoms with Crippen LogP contribution >= 0.6 is 69.1 Å². The van der Waals surface area contributed by atoms with Gasteiger partial charge in [-0.05, 0) is 71.9 Å². The summed E-state index contributed by atoms with van der Waals surface area (Å²) in [7, 11) is 0. The zero-order chi connectivity index (χ0) is 42.0. The minimum absolute atomic E-state index is 0.239. The third-order valence-corrected chi connectivity index (χ3v) is 16.4. The van der Waals surface area contributed by atoms with E-state index in [0.29, 0.717) is 78.7 Å². The molecule has 6 atom stereocenters. The van der Waals surface area contributed by atoms with Gasteiger partial charge in [0.2, 0.25) is 0 Å². The molecule has 0 radical (unpaired) electrons. The number of carboxylic acids is 2. The van der Waals surface area contributed by atoms with Gasteiger partial charge in [0.15, 0.2) is 0 Å². The number of halogens is 4. The predicted molar refractivity (Wildman–Crippen MR) is 238 cm³/mol. The highest BCUT2D eigenvalue weighted by molar-refractivity contribution is 7.24. The van der Waals surface area contributed by atoms with E-state index in [1.807, 2.05) is 48.5 Å². The number of thiophene rings is 2. The number of hydrogen-bond acceptors (Lipinski definition) is 6. The van der Waals surface area contributed by atoms with Crippen molar-refractivity contribution >= 4 is 113 Å². The largest absolute Gasteiger partial charge is 0.481 e. The molecule has 2 fully saturated rings. The number of aromatic nitrogens is 2. The van der Waals surface area contributed by atoms with Gasteiger partial charge in [-0.15, -0.1) is 22.7 Å². The van der Waals surface area contributed by atoms with E-state index >= 15 is 0 Å². The summed E-state index contributed by atoms with van der Waals surface area (Å²) in [4.78, 5) is 56.5. The van der Waals surface area contributed by atoms with Gasteiger partial charge in [-0.1, -0.05) is 121 Å². The summed E-state index contributed by atoms with van der Waals surface area (Å²) in [6.45, 7) is 0. The van der Waals surface area contributed by atoms with Crippen molar-refractivity contribution in [3.63, 3.8) is 0 Å². The third kappa shape index (κ3) is 8.19. The second kappa shape index (κ2) is 16.7. The Morgan fingerprint density at radius 1 is 0.633 bits per heavy atom. The second-order valence-corrected chi connectivity index (χ2v) is 20.6. The van der Waals surface area contributed by atoms with Crippen molar-refractivity contribution in [3.05, 3.63) is 113 Å². The molecule has 2 saturated carbocycles. The Balaban J connectivity index is 0.000000154. The Hall–Kier alpha value is -4.04. The summed E-state index contributed by atoms with van der Waals surface area (Å²) in [6, 6.07) is 18.8. The van der Waals surface area contributed by atoms with Gasteiger partial charge in [0.1, 0.15) is 20.1 Å². The van der Waals surface area contributed by atoms with Crippen LogP contribution in [0.5, 0.6) is 0 Å². The van der Waals surface area contributed by atoms with Gasteiger partial charge in [0.25, 0.3) is 11.8 Å². The number of benzene rings is 2. The standard InChI is InChI=1S/2C22H20Cl2N2O3S/c2*23-18-19-16(30-20(18)24)9-15(25-19)21(27)26-14-8-11-3-1-2-4-12(11)17(14)13(22(28)29)7-10-5-6-10/h2*1-4,9-10,13-14,17,25H,5-8H2,(H,26,27)(H,28,29)/t2*13?,14-,17+/m11/s1. The molecule has 6 N–H and O–H groups in total. The number of aliphatic carboxylic acids is 2. The minimum Gasteiger partial charge on any atom is -0.481 e. The smallest absolute Gasteiger partial charge is 0.307 e. The first-order valence-electron chi connectivity index (χ1n) is 20.0. The van der Waals surface area contributed by atoms with E-state index in [1.54, 1.807) is 12.1 Å². The Kier molecular flexibility index (Phi) is 11.5. The van der Waals surface area contributed by atoms with Crippen molar-refractivity contribution < 1.29 is 29.4 Å². The molecule has 16 heteroatoms. The number of carbonyl (C=O) groups is 4. The van der Waals surface area contributed by atoms with Crippen LogP contribution in [0.25, 0.3) is 20.4 Å². The van der Waals surface area contributed by atoms with Crippen LogP contribution in [0.4, 0.5) is 0 Å². The highest BCUT2D eigenvalue weighted by Crippen LogP contribution is 2.47. The molecule has 312 valence electrons. The van der Waals surface area contributed by atoms with Crippen LogP contribution in [0.3, 0.4) is 0 Å². The number of H-pyrrole nitrogens is 2. The second-order valence-electron chi connectivity index (χ2n) is 16.5. The molecule has 4 heterocycles. The summed E-state index contributed by atoms with van der Waals surface area (Å²) in [5.74, 6) is -2.62. The molecule has 4 aliphatic carbocycles. The first-order chi connectivity index (χ1) is 28.8. The summed E-state index contributed by atoms with van der Waals surface area (Å²) in [6.07, 6.45) is 6.95. The van der Waals surface area contributed by atoms with Crippen molar-refractivity contribution in [2.45, 2.75) is 75.3 Å². The fourth-order valence-electron chi connectivity index (χ4n) is 9.33. The van der Waals surface area contributed by atoms with Crippen molar-refractivity contribution in [3.8, 4) is 0 Å². The SMILES string of the molecule is O=C(N[C@@H]1Cc2ccccc2[C@H]1C(CC1CC1)C(=O)O)c1cc2sc(Cl)c(Cl)c2[nH]1.O=C(N[C@@H]1Cc2ccccc2[C@H]1C(CC1CC1)C(=O)O)c1cc2sc(Cl)c(Cl)c2[nH]1. The van der Waals surface area contributed by atoms with Crippen LogP contribution in [-0.4, -0.2) is 56.0 Å². The summed E-state index contributed by atoms with van der Waals surface area (Å²) in [5.41, 5.74) is 6.41. The Bertz CT molecular complexity index is 2480. The number of aromatic amines is 2. The number of carboxylic acid groups (broad SMARTS) is 2. The van der Waals surface area contributed by atoms with Gasteiger partial charge in [0, 0.05) is 23.9 Å². The van der Waals surface area contributed by atoms with Gasteiger partial charge < -0.3 is 30.8 Å². The lowest BCUT2D eigenvalue weighted by Gasteiger charge is -2.27. The van der Waals surface area contributed by atoms with Crippen molar-refractivity contribution in [2.24, 2.45) is 23.7 Å². The topological polar surface area (TPSA) is 164 Å². The highest BCUT2D eigenvalue weighted by Gasteiger charge is 2.45. The monoisotopic (exact) mass is 924 g/mol. The van der Waals surface area contributed by atoms with Gasteiger partial charge in [-0.2, -0.15) is 0 Å². The van der Waals surface area contributed by atoms with Crippen molar-refractivity contribution in [1.29, 1.82) is 0 Å². The number of amides is 2. The average Bonchev–Trinajstić information content (AvgIpc) is 3.97. The van der Waals surface area contributed by atoms with Crippen molar-refractivity contribution in [1.82, 2.24) is 20.6 Å². The maximum atomic E-state index is 13.0. The van der Waals surface area contributed by atoms with E-state index in [-0.39, 0.29) is 35.7 Å². The summed E-state index contributed by atoms with van der Waals surface area (Å²) in [5, 5.41) is 27.0. The van der Waals surface area contributed by atoms with Gasteiger partial charge in [0.05, 0.1) is 42.3 Å². The molecule has 0 aliphatic heterocycles. The number of fused-ring (bicyclic) bond motifs is 4. The van der Waals surface area contributed by atoms with Crippen molar-refractivity contribution in [2.75, 3.05) is 0 Å². The predicted octanol–water partition coefficient (Wildman–Crippen LogP) is 11.0. The lowest BCUT2D eigenvalue weighted by molar-refractivity contribution is -0.144. The molecule has 2 aromatic carbocycles. The first-order valence-corrected chi connectivity index (χ1v) is 23.1. The van der Waals surface area contributed by atoms with Crippen LogP contribution in [-0.2, 0) is 22.4 Å². The number of hydrogen-bond donors (Lipinski definition) is 6. The molecule has 0 spiro atoms. The molecule has 10 rings (SSSR count). The molecule has 2 unspecified atom stereocenters. The normalized spacial score (nSPS) is 21.5. The molecule has 60 heavy (non-hydrogen) atoms. The zero-order valence-corrected chi connectivity index (χ0v) is 36.6.